The number of carbonyl (C=O) groups is 1. The molecule has 1 aromatic carbocycles. The lowest BCUT2D eigenvalue weighted by atomic mass is 9.70. The highest BCUT2D eigenvalue weighted by atomic mass is 16.6. The first-order valence-corrected chi connectivity index (χ1v) is 8.51. The van der Waals surface area contributed by atoms with Crippen LogP contribution in [-0.2, 0) is 10.2 Å². The van der Waals surface area contributed by atoms with Crippen LogP contribution >= 0.6 is 0 Å². The molecule has 1 aliphatic heterocycles. The van der Waals surface area contributed by atoms with Crippen LogP contribution in [-0.4, -0.2) is 36.2 Å². The van der Waals surface area contributed by atoms with Crippen LogP contribution in [0.1, 0.15) is 51.2 Å². The van der Waals surface area contributed by atoms with Gasteiger partial charge in [0.1, 0.15) is 5.60 Å². The molecule has 1 amide bonds. The minimum atomic E-state index is -0.445. The van der Waals surface area contributed by atoms with Gasteiger partial charge in [0.05, 0.1) is 0 Å². The summed E-state index contributed by atoms with van der Waals surface area (Å²) in [5, 5.41) is 0. The summed E-state index contributed by atoms with van der Waals surface area (Å²) in [5.74, 6) is 0. The Balaban J connectivity index is 2.09. The van der Waals surface area contributed by atoms with Gasteiger partial charge >= 0.3 is 6.09 Å². The van der Waals surface area contributed by atoms with Crippen LogP contribution < -0.4 is 5.73 Å². The van der Waals surface area contributed by atoms with Crippen LogP contribution in [0.4, 0.5) is 4.79 Å². The molecule has 0 aromatic heterocycles. The third-order valence-electron chi connectivity index (χ3n) is 4.66. The quantitative estimate of drug-likeness (QED) is 0.926. The molecule has 1 aromatic rings. The van der Waals surface area contributed by atoms with Gasteiger partial charge in [-0.3, -0.25) is 0 Å². The van der Waals surface area contributed by atoms with Crippen molar-refractivity contribution in [3.8, 4) is 0 Å². The number of likely N-dealkylation sites (tertiary alicyclic amines) is 1. The lowest BCUT2D eigenvalue weighted by molar-refractivity contribution is 0.0160. The largest absolute Gasteiger partial charge is 0.444 e. The molecule has 0 radical (unpaired) electrons. The van der Waals surface area contributed by atoms with Crippen molar-refractivity contribution in [2.75, 3.05) is 19.6 Å². The number of hydrogen-bond acceptors (Lipinski definition) is 3. The monoisotopic (exact) mass is 318 g/mol. The predicted octanol–water partition coefficient (Wildman–Crippen LogP) is 3.61. The second-order valence-electron chi connectivity index (χ2n) is 7.65. The first-order valence-electron chi connectivity index (χ1n) is 8.51. The number of carbonyl (C=O) groups excluding carboxylic acids is 1. The van der Waals surface area contributed by atoms with E-state index in [0.29, 0.717) is 6.54 Å². The zero-order valence-electron chi connectivity index (χ0n) is 14.9. The summed E-state index contributed by atoms with van der Waals surface area (Å²) in [6.07, 6.45) is 2.62. The number of rotatable bonds is 3. The van der Waals surface area contributed by atoms with Crippen LogP contribution in [0.25, 0.3) is 0 Å². The summed E-state index contributed by atoms with van der Waals surface area (Å²) >= 11 is 0. The molecule has 2 N–H and O–H groups in total. The summed E-state index contributed by atoms with van der Waals surface area (Å²) in [6.45, 7) is 9.93. The lowest BCUT2D eigenvalue weighted by Crippen LogP contribution is -2.47. The van der Waals surface area contributed by atoms with Crippen LogP contribution in [0.15, 0.2) is 24.3 Å². The number of amides is 1. The van der Waals surface area contributed by atoms with Crippen molar-refractivity contribution in [1.29, 1.82) is 0 Å². The van der Waals surface area contributed by atoms with E-state index in [0.717, 1.165) is 32.4 Å². The van der Waals surface area contributed by atoms with E-state index in [-0.39, 0.29) is 11.5 Å². The van der Waals surface area contributed by atoms with E-state index in [4.69, 9.17) is 10.5 Å². The predicted molar refractivity (Wildman–Crippen MR) is 93.6 cm³/mol. The number of nitrogens with zero attached hydrogens (tertiary/aromatic N) is 1. The Kier molecular flexibility index (Phi) is 5.35. The third kappa shape index (κ3) is 4.47. The maximum Gasteiger partial charge on any atom is 0.410 e. The normalized spacial score (nSPS) is 17.9. The molecule has 1 aliphatic rings. The molecule has 4 nitrogen and oxygen atoms in total. The fraction of sp³-hybridized carbons (Fsp3) is 0.632. The zero-order valence-corrected chi connectivity index (χ0v) is 14.9. The molecule has 1 heterocycles. The van der Waals surface area contributed by atoms with Crippen molar-refractivity contribution in [3.05, 3.63) is 35.4 Å². The van der Waals surface area contributed by atoms with Gasteiger partial charge in [-0.05, 0) is 64.5 Å². The van der Waals surface area contributed by atoms with Crippen molar-refractivity contribution in [3.63, 3.8) is 0 Å². The minimum Gasteiger partial charge on any atom is -0.444 e. The van der Waals surface area contributed by atoms with E-state index in [9.17, 15) is 4.79 Å². The molecular weight excluding hydrogens is 288 g/mol. The summed E-state index contributed by atoms with van der Waals surface area (Å²) in [6, 6.07) is 8.75. The maximum absolute atomic E-state index is 12.2. The highest BCUT2D eigenvalue weighted by Gasteiger charge is 2.37. The maximum atomic E-state index is 12.2. The summed E-state index contributed by atoms with van der Waals surface area (Å²) in [5.41, 5.74) is 8.14. The van der Waals surface area contributed by atoms with Crippen LogP contribution in [0, 0.1) is 6.92 Å². The minimum absolute atomic E-state index is 0.0843. The number of hydrogen-bond donors (Lipinski definition) is 1. The van der Waals surface area contributed by atoms with Gasteiger partial charge in [0.2, 0.25) is 0 Å². The standard InChI is InChI=1S/C19H30N2O2/c1-15-5-7-16(8-6-15)19(9-12-20)10-13-21(14-11-19)17(22)23-18(2,3)4/h5-8H,9-14,20H2,1-4H3. The molecule has 0 bridgehead atoms. The Labute approximate surface area is 140 Å². The molecule has 128 valence electrons. The Morgan fingerprint density at radius 2 is 1.78 bits per heavy atom. The molecular formula is C19H30N2O2. The van der Waals surface area contributed by atoms with Gasteiger partial charge < -0.3 is 15.4 Å². The Bertz CT molecular complexity index is 523. The molecule has 1 saturated heterocycles. The van der Waals surface area contributed by atoms with Gasteiger partial charge in [0, 0.05) is 13.1 Å². The van der Waals surface area contributed by atoms with Crippen molar-refractivity contribution in [2.45, 2.75) is 58.0 Å². The molecule has 0 aliphatic carbocycles. The van der Waals surface area contributed by atoms with Gasteiger partial charge in [0.25, 0.3) is 0 Å². The van der Waals surface area contributed by atoms with Crippen molar-refractivity contribution >= 4 is 6.09 Å². The topological polar surface area (TPSA) is 55.6 Å². The van der Waals surface area contributed by atoms with Gasteiger partial charge in [-0.2, -0.15) is 0 Å². The molecule has 23 heavy (non-hydrogen) atoms. The lowest BCUT2D eigenvalue weighted by Gasteiger charge is -2.42. The zero-order chi connectivity index (χ0) is 17.1. The second-order valence-corrected chi connectivity index (χ2v) is 7.65. The Morgan fingerprint density at radius 3 is 2.26 bits per heavy atom. The summed E-state index contributed by atoms with van der Waals surface area (Å²) in [7, 11) is 0. The van der Waals surface area contributed by atoms with Gasteiger partial charge in [-0.25, -0.2) is 4.79 Å². The first kappa shape index (κ1) is 17.8. The van der Waals surface area contributed by atoms with E-state index in [1.165, 1.54) is 11.1 Å². The van der Waals surface area contributed by atoms with Crippen molar-refractivity contribution in [1.82, 2.24) is 4.90 Å². The number of benzene rings is 1. The van der Waals surface area contributed by atoms with E-state index >= 15 is 0 Å². The highest BCUT2D eigenvalue weighted by Crippen LogP contribution is 2.38. The van der Waals surface area contributed by atoms with Crippen molar-refractivity contribution in [2.24, 2.45) is 5.73 Å². The van der Waals surface area contributed by atoms with Gasteiger partial charge in [-0.1, -0.05) is 29.8 Å². The Hall–Kier alpha value is -1.55. The fourth-order valence-corrected chi connectivity index (χ4v) is 3.31. The molecule has 0 atom stereocenters. The average molecular weight is 318 g/mol. The van der Waals surface area contributed by atoms with Crippen LogP contribution in [0.5, 0.6) is 0 Å². The summed E-state index contributed by atoms with van der Waals surface area (Å²) < 4.78 is 5.49. The molecule has 0 unspecified atom stereocenters. The second kappa shape index (κ2) is 6.91. The molecule has 2 rings (SSSR count). The van der Waals surface area contributed by atoms with E-state index in [2.05, 4.69) is 31.2 Å². The SMILES string of the molecule is Cc1ccc(C2(CCN)CCN(C(=O)OC(C)(C)C)CC2)cc1. The van der Waals surface area contributed by atoms with E-state index < -0.39 is 5.60 Å². The highest BCUT2D eigenvalue weighted by molar-refractivity contribution is 5.68. The number of piperidine rings is 1. The molecule has 1 fully saturated rings. The van der Waals surface area contributed by atoms with E-state index in [1.54, 1.807) is 0 Å². The molecule has 0 spiro atoms. The summed E-state index contributed by atoms with van der Waals surface area (Å²) in [4.78, 5) is 14.1. The van der Waals surface area contributed by atoms with Crippen molar-refractivity contribution < 1.29 is 9.53 Å². The molecule has 0 saturated carbocycles. The average Bonchev–Trinajstić information content (AvgIpc) is 2.47. The van der Waals surface area contributed by atoms with Gasteiger partial charge in [0.15, 0.2) is 0 Å². The third-order valence-corrected chi connectivity index (χ3v) is 4.66. The van der Waals surface area contributed by atoms with Crippen LogP contribution in [0.3, 0.4) is 0 Å². The number of aryl methyl sites for hydroxylation is 1. The smallest absolute Gasteiger partial charge is 0.410 e. The van der Waals surface area contributed by atoms with E-state index in [1.807, 2.05) is 25.7 Å². The first-order chi connectivity index (χ1) is 10.8. The fourth-order valence-electron chi connectivity index (χ4n) is 3.31. The molecule has 4 heteroatoms. The number of nitrogens with two attached hydrogens (primary N) is 1. The van der Waals surface area contributed by atoms with Crippen LogP contribution in [0.2, 0.25) is 0 Å². The Morgan fingerprint density at radius 1 is 1.22 bits per heavy atom. The van der Waals surface area contributed by atoms with Gasteiger partial charge in [-0.15, -0.1) is 0 Å². The number of ether oxygens (including phenoxy) is 1.